The molecule has 0 saturated heterocycles. The molecule has 28 heavy (non-hydrogen) atoms. The van der Waals surface area contributed by atoms with E-state index in [1.807, 2.05) is 6.07 Å². The van der Waals surface area contributed by atoms with E-state index in [-0.39, 0.29) is 5.91 Å². The number of para-hydroxylation sites is 2. The zero-order valence-electron chi connectivity index (χ0n) is 14.4. The Hall–Kier alpha value is -3.02. The van der Waals surface area contributed by atoms with Crippen molar-refractivity contribution in [3.63, 3.8) is 0 Å². The summed E-state index contributed by atoms with van der Waals surface area (Å²) in [6.07, 6.45) is 0. The van der Waals surface area contributed by atoms with Crippen molar-refractivity contribution >= 4 is 52.1 Å². The Morgan fingerprint density at radius 3 is 2.50 bits per heavy atom. The molecule has 2 aliphatic heterocycles. The van der Waals surface area contributed by atoms with Crippen LogP contribution in [0.4, 0.5) is 17.1 Å². The molecule has 2 amide bonds. The second kappa shape index (κ2) is 5.99. The first-order valence-electron chi connectivity index (χ1n) is 8.60. The van der Waals surface area contributed by atoms with Crippen molar-refractivity contribution in [2.24, 2.45) is 0 Å². The van der Waals surface area contributed by atoms with Crippen molar-refractivity contribution in [2.75, 3.05) is 15.5 Å². The average Bonchev–Trinajstić information content (AvgIpc) is 2.96. The van der Waals surface area contributed by atoms with Gasteiger partial charge in [0.2, 0.25) is 5.66 Å². The van der Waals surface area contributed by atoms with Gasteiger partial charge in [0, 0.05) is 22.0 Å². The van der Waals surface area contributed by atoms with Gasteiger partial charge in [-0.25, -0.2) is 0 Å². The van der Waals surface area contributed by atoms with E-state index >= 15 is 0 Å². The maximum Gasteiger partial charge on any atom is 0.276 e. The summed E-state index contributed by atoms with van der Waals surface area (Å²) in [6, 6.07) is 19.2. The van der Waals surface area contributed by atoms with E-state index in [2.05, 4.69) is 10.6 Å². The lowest BCUT2D eigenvalue weighted by Crippen LogP contribution is -2.61. The minimum Gasteiger partial charge on any atom is -0.350 e. The molecule has 7 heteroatoms. The minimum atomic E-state index is -1.48. The van der Waals surface area contributed by atoms with Crippen LogP contribution in [0.25, 0.3) is 0 Å². The predicted octanol–water partition coefficient (Wildman–Crippen LogP) is 4.87. The molecule has 0 saturated carbocycles. The van der Waals surface area contributed by atoms with Gasteiger partial charge < -0.3 is 10.6 Å². The van der Waals surface area contributed by atoms with Crippen LogP contribution in [0, 0.1) is 0 Å². The molecule has 3 aromatic rings. The van der Waals surface area contributed by atoms with Gasteiger partial charge in [-0.1, -0.05) is 53.5 Å². The Labute approximate surface area is 170 Å². The third kappa shape index (κ3) is 2.20. The van der Waals surface area contributed by atoms with Gasteiger partial charge in [0.1, 0.15) is 0 Å². The third-order valence-electron chi connectivity index (χ3n) is 5.05. The van der Waals surface area contributed by atoms with E-state index in [1.54, 1.807) is 60.7 Å². The smallest absolute Gasteiger partial charge is 0.276 e. The van der Waals surface area contributed by atoms with Gasteiger partial charge in [-0.05, 0) is 36.4 Å². The highest BCUT2D eigenvalue weighted by Gasteiger charge is 2.57. The molecule has 0 fully saturated rings. The van der Waals surface area contributed by atoms with E-state index in [4.69, 9.17) is 23.2 Å². The van der Waals surface area contributed by atoms with Crippen molar-refractivity contribution in [3.05, 3.63) is 87.9 Å². The first-order chi connectivity index (χ1) is 13.5. The van der Waals surface area contributed by atoms with Crippen molar-refractivity contribution in [1.29, 1.82) is 0 Å². The number of anilines is 3. The fourth-order valence-electron chi connectivity index (χ4n) is 3.85. The molecule has 2 N–H and O–H groups in total. The number of hydrogen-bond donors (Lipinski definition) is 2. The van der Waals surface area contributed by atoms with Crippen molar-refractivity contribution in [1.82, 2.24) is 0 Å². The maximum atomic E-state index is 13.6. The molecular weight excluding hydrogens is 397 g/mol. The Morgan fingerprint density at radius 1 is 0.893 bits per heavy atom. The second-order valence-corrected chi connectivity index (χ2v) is 7.46. The van der Waals surface area contributed by atoms with E-state index < -0.39 is 11.6 Å². The molecule has 138 valence electrons. The number of halogens is 2. The van der Waals surface area contributed by atoms with Gasteiger partial charge in [-0.15, -0.1) is 0 Å². The average molecular weight is 410 g/mol. The van der Waals surface area contributed by atoms with Crippen LogP contribution in [0.3, 0.4) is 0 Å². The highest BCUT2D eigenvalue weighted by atomic mass is 35.5. The number of rotatable bonds is 1. The molecule has 3 aromatic carbocycles. The molecule has 2 heterocycles. The van der Waals surface area contributed by atoms with E-state index in [9.17, 15) is 9.59 Å². The standard InChI is InChI=1S/C21H13Cl2N3O2/c22-12-5-3-6-13(11-12)26-19(27)14-7-1-2-10-17(14)25-21(26)15-8-4-9-16(23)18(15)24-20(21)28/h1-11,25H,(H,24,28)/t21-/m1/s1. The minimum absolute atomic E-state index is 0.306. The van der Waals surface area contributed by atoms with Gasteiger partial charge >= 0.3 is 0 Å². The highest BCUT2D eigenvalue weighted by molar-refractivity contribution is 6.35. The van der Waals surface area contributed by atoms with E-state index in [0.29, 0.717) is 38.2 Å². The lowest BCUT2D eigenvalue weighted by atomic mass is 9.92. The quantitative estimate of drug-likeness (QED) is 0.602. The molecule has 1 atom stereocenters. The number of nitrogens with zero attached hydrogens (tertiary/aromatic N) is 1. The summed E-state index contributed by atoms with van der Waals surface area (Å²) in [6.45, 7) is 0. The number of nitrogens with one attached hydrogen (secondary N) is 2. The molecule has 0 unspecified atom stereocenters. The molecule has 2 aliphatic rings. The number of benzene rings is 3. The fraction of sp³-hybridized carbons (Fsp3) is 0.0476. The lowest BCUT2D eigenvalue weighted by molar-refractivity contribution is -0.119. The van der Waals surface area contributed by atoms with Gasteiger partial charge in [0.25, 0.3) is 11.8 Å². The van der Waals surface area contributed by atoms with Gasteiger partial charge in [0.15, 0.2) is 0 Å². The molecule has 0 radical (unpaired) electrons. The van der Waals surface area contributed by atoms with Crippen molar-refractivity contribution < 1.29 is 9.59 Å². The van der Waals surface area contributed by atoms with Crippen LogP contribution >= 0.6 is 23.2 Å². The van der Waals surface area contributed by atoms with Crippen LogP contribution in [0.1, 0.15) is 15.9 Å². The summed E-state index contributed by atoms with van der Waals surface area (Å²) >= 11 is 12.5. The zero-order valence-corrected chi connectivity index (χ0v) is 15.9. The van der Waals surface area contributed by atoms with E-state index in [0.717, 1.165) is 0 Å². The number of amides is 2. The third-order valence-corrected chi connectivity index (χ3v) is 5.60. The van der Waals surface area contributed by atoms with Crippen molar-refractivity contribution in [2.45, 2.75) is 5.66 Å². The molecule has 1 spiro atoms. The van der Waals surface area contributed by atoms with Gasteiger partial charge in [-0.3, -0.25) is 14.5 Å². The Morgan fingerprint density at radius 2 is 1.68 bits per heavy atom. The molecule has 0 bridgehead atoms. The summed E-state index contributed by atoms with van der Waals surface area (Å²) in [5.74, 6) is -0.696. The van der Waals surface area contributed by atoms with Crippen LogP contribution in [-0.2, 0) is 10.5 Å². The Kier molecular flexibility index (Phi) is 3.66. The first kappa shape index (κ1) is 17.1. The number of carbonyl (C=O) groups excluding carboxylic acids is 2. The summed E-state index contributed by atoms with van der Waals surface area (Å²) in [7, 11) is 0. The number of carbonyl (C=O) groups is 2. The molecular formula is C21H13Cl2N3O2. The molecule has 0 aliphatic carbocycles. The van der Waals surface area contributed by atoms with Crippen LogP contribution in [-0.4, -0.2) is 11.8 Å². The first-order valence-corrected chi connectivity index (χ1v) is 9.36. The maximum absolute atomic E-state index is 13.6. The summed E-state index contributed by atoms with van der Waals surface area (Å²) in [5.41, 5.74) is 1.14. The summed E-state index contributed by atoms with van der Waals surface area (Å²) < 4.78 is 0. The number of hydrogen-bond acceptors (Lipinski definition) is 3. The monoisotopic (exact) mass is 409 g/mol. The SMILES string of the molecule is O=C1c2ccccc2N[C@@]2(C(=O)Nc3c(Cl)cccc32)N1c1cccc(Cl)c1. The largest absolute Gasteiger partial charge is 0.350 e. The summed E-state index contributed by atoms with van der Waals surface area (Å²) in [5, 5.41) is 6.99. The molecule has 0 aromatic heterocycles. The Bertz CT molecular complexity index is 1160. The summed E-state index contributed by atoms with van der Waals surface area (Å²) in [4.78, 5) is 28.3. The van der Waals surface area contributed by atoms with Crippen LogP contribution in [0.15, 0.2) is 66.7 Å². The predicted molar refractivity (Wildman–Crippen MR) is 110 cm³/mol. The van der Waals surface area contributed by atoms with Crippen LogP contribution in [0.5, 0.6) is 0 Å². The van der Waals surface area contributed by atoms with Gasteiger partial charge in [0.05, 0.1) is 16.3 Å². The topological polar surface area (TPSA) is 61.4 Å². The normalized spacial score (nSPS) is 19.9. The Balaban J connectivity index is 1.84. The zero-order chi connectivity index (χ0) is 19.5. The fourth-order valence-corrected chi connectivity index (χ4v) is 4.26. The lowest BCUT2D eigenvalue weighted by Gasteiger charge is -2.44. The van der Waals surface area contributed by atoms with Crippen molar-refractivity contribution in [3.8, 4) is 0 Å². The molecule has 5 nitrogen and oxygen atoms in total. The van der Waals surface area contributed by atoms with Crippen LogP contribution in [0.2, 0.25) is 10.0 Å². The van der Waals surface area contributed by atoms with Gasteiger partial charge in [-0.2, -0.15) is 0 Å². The van der Waals surface area contributed by atoms with E-state index in [1.165, 1.54) is 4.90 Å². The molecule has 5 rings (SSSR count). The highest BCUT2D eigenvalue weighted by Crippen LogP contribution is 2.49. The second-order valence-electron chi connectivity index (χ2n) is 6.62. The number of fused-ring (bicyclic) bond motifs is 3. The van der Waals surface area contributed by atoms with Crippen LogP contribution < -0.4 is 15.5 Å².